The molecule has 3 atom stereocenters. The lowest BCUT2D eigenvalue weighted by molar-refractivity contribution is 0.0696. The van der Waals surface area contributed by atoms with Crippen molar-refractivity contribution in [3.05, 3.63) is 0 Å². The summed E-state index contributed by atoms with van der Waals surface area (Å²) in [7, 11) is 2.16. The Kier molecular flexibility index (Phi) is 5.30. The number of nitrogens with zero attached hydrogens (tertiary/aromatic N) is 1. The smallest absolute Gasteiger partial charge is 0.0252 e. The maximum atomic E-state index is 3.60. The molecule has 0 aromatic rings. The van der Waals surface area contributed by atoms with Gasteiger partial charge in [-0.15, -0.1) is 0 Å². The quantitative estimate of drug-likeness (QED) is 0.795. The Morgan fingerprint density at radius 2 is 1.59 bits per heavy atom. The molecular formula is C15H30N2. The van der Waals surface area contributed by atoms with Crippen LogP contribution in [0.15, 0.2) is 0 Å². The number of hydrogen-bond acceptors (Lipinski definition) is 2. The van der Waals surface area contributed by atoms with Crippen molar-refractivity contribution in [2.45, 2.75) is 82.8 Å². The number of piperidine rings is 1. The molecular weight excluding hydrogens is 208 g/mol. The lowest BCUT2D eigenvalue weighted by Crippen LogP contribution is -2.54. The summed E-state index contributed by atoms with van der Waals surface area (Å²) in [6.07, 6.45) is 12.8. The van der Waals surface area contributed by atoms with Crippen LogP contribution < -0.4 is 5.32 Å². The maximum absolute atomic E-state index is 3.60. The molecule has 1 aliphatic heterocycles. The first-order valence-corrected chi connectivity index (χ1v) is 7.76. The van der Waals surface area contributed by atoms with Crippen LogP contribution >= 0.6 is 0 Å². The zero-order chi connectivity index (χ0) is 12.1. The van der Waals surface area contributed by atoms with Gasteiger partial charge in [-0.3, -0.25) is 4.90 Å². The van der Waals surface area contributed by atoms with E-state index in [1.807, 2.05) is 0 Å². The van der Waals surface area contributed by atoms with Gasteiger partial charge in [0.2, 0.25) is 0 Å². The monoisotopic (exact) mass is 238 g/mol. The summed E-state index contributed by atoms with van der Waals surface area (Å²) in [6.45, 7) is 3.77. The second kappa shape index (κ2) is 6.75. The van der Waals surface area contributed by atoms with Crippen LogP contribution in [0.2, 0.25) is 0 Å². The lowest BCUT2D eigenvalue weighted by atomic mass is 9.88. The minimum Gasteiger partial charge on any atom is -0.315 e. The van der Waals surface area contributed by atoms with Crippen LogP contribution in [-0.2, 0) is 0 Å². The largest absolute Gasteiger partial charge is 0.315 e. The molecule has 2 heteroatoms. The van der Waals surface area contributed by atoms with Crippen LogP contribution in [0.3, 0.4) is 0 Å². The van der Waals surface area contributed by atoms with E-state index in [0.29, 0.717) is 0 Å². The number of rotatable bonds is 2. The number of nitrogens with one attached hydrogen (secondary N) is 1. The third kappa shape index (κ3) is 3.45. The predicted octanol–water partition coefficient (Wildman–Crippen LogP) is 3.17. The van der Waals surface area contributed by atoms with Crippen molar-refractivity contribution in [2.24, 2.45) is 0 Å². The second-order valence-corrected chi connectivity index (χ2v) is 6.04. The van der Waals surface area contributed by atoms with Crippen molar-refractivity contribution in [3.63, 3.8) is 0 Å². The highest BCUT2D eigenvalue weighted by molar-refractivity contribution is 4.89. The van der Waals surface area contributed by atoms with Crippen molar-refractivity contribution < 1.29 is 0 Å². The Labute approximate surface area is 107 Å². The third-order valence-corrected chi connectivity index (χ3v) is 4.88. The first kappa shape index (κ1) is 13.4. The second-order valence-electron chi connectivity index (χ2n) is 6.04. The fourth-order valence-electron chi connectivity index (χ4n) is 3.81. The minimum atomic E-state index is 0.732. The normalized spacial score (nSPS) is 37.4. The summed E-state index contributed by atoms with van der Waals surface area (Å²) in [6, 6.07) is 2.34. The van der Waals surface area contributed by atoms with Gasteiger partial charge in [0.25, 0.3) is 0 Å². The van der Waals surface area contributed by atoms with Crippen molar-refractivity contribution in [1.82, 2.24) is 10.2 Å². The molecule has 0 radical (unpaired) electrons. The standard InChI is InChI=1S/C15H30N2/c1-13-9-7-8-12-17(13)15-11-6-4-3-5-10-14(15)16-2/h13-16H,3-12H2,1-2H3. The Bertz CT molecular complexity index is 217. The number of hydrogen-bond donors (Lipinski definition) is 1. The van der Waals surface area contributed by atoms with E-state index in [0.717, 1.165) is 18.1 Å². The van der Waals surface area contributed by atoms with Gasteiger partial charge in [0.15, 0.2) is 0 Å². The van der Waals surface area contributed by atoms with Gasteiger partial charge in [-0.1, -0.05) is 32.1 Å². The summed E-state index contributed by atoms with van der Waals surface area (Å²) in [5.74, 6) is 0. The molecule has 0 aromatic heterocycles. The molecule has 2 nitrogen and oxygen atoms in total. The van der Waals surface area contributed by atoms with E-state index in [2.05, 4.69) is 24.2 Å². The highest BCUT2D eigenvalue weighted by atomic mass is 15.2. The molecule has 0 bridgehead atoms. The van der Waals surface area contributed by atoms with E-state index in [1.165, 1.54) is 64.3 Å². The molecule has 1 saturated heterocycles. The van der Waals surface area contributed by atoms with Crippen molar-refractivity contribution in [2.75, 3.05) is 13.6 Å². The topological polar surface area (TPSA) is 15.3 Å². The Balaban J connectivity index is 2.01. The molecule has 0 spiro atoms. The third-order valence-electron chi connectivity index (χ3n) is 4.88. The summed E-state index contributed by atoms with van der Waals surface area (Å²) in [4.78, 5) is 2.82. The molecule has 1 saturated carbocycles. The van der Waals surface area contributed by atoms with E-state index in [1.54, 1.807) is 0 Å². The van der Waals surface area contributed by atoms with Crippen LogP contribution in [0.4, 0.5) is 0 Å². The van der Waals surface area contributed by atoms with Crippen LogP contribution in [-0.4, -0.2) is 36.6 Å². The Morgan fingerprint density at radius 3 is 2.29 bits per heavy atom. The zero-order valence-corrected chi connectivity index (χ0v) is 11.8. The van der Waals surface area contributed by atoms with Gasteiger partial charge < -0.3 is 5.32 Å². The van der Waals surface area contributed by atoms with Gasteiger partial charge in [0.05, 0.1) is 0 Å². The fourth-order valence-corrected chi connectivity index (χ4v) is 3.81. The average Bonchev–Trinajstić information content (AvgIpc) is 2.31. The summed E-state index contributed by atoms with van der Waals surface area (Å²) in [5.41, 5.74) is 0. The van der Waals surface area contributed by atoms with Gasteiger partial charge >= 0.3 is 0 Å². The summed E-state index contributed by atoms with van der Waals surface area (Å²) < 4.78 is 0. The van der Waals surface area contributed by atoms with Crippen LogP contribution in [0, 0.1) is 0 Å². The first-order valence-electron chi connectivity index (χ1n) is 7.76. The molecule has 3 unspecified atom stereocenters. The Morgan fingerprint density at radius 1 is 0.882 bits per heavy atom. The maximum Gasteiger partial charge on any atom is 0.0252 e. The van der Waals surface area contributed by atoms with E-state index >= 15 is 0 Å². The molecule has 2 fully saturated rings. The summed E-state index contributed by atoms with van der Waals surface area (Å²) in [5, 5.41) is 3.60. The van der Waals surface area contributed by atoms with Crippen molar-refractivity contribution in [1.29, 1.82) is 0 Å². The van der Waals surface area contributed by atoms with E-state index in [4.69, 9.17) is 0 Å². The van der Waals surface area contributed by atoms with Gasteiger partial charge in [0, 0.05) is 18.1 Å². The van der Waals surface area contributed by atoms with Gasteiger partial charge in [-0.05, 0) is 46.2 Å². The molecule has 2 aliphatic rings. The van der Waals surface area contributed by atoms with E-state index in [-0.39, 0.29) is 0 Å². The molecule has 2 rings (SSSR count). The minimum absolute atomic E-state index is 0.732. The lowest BCUT2D eigenvalue weighted by Gasteiger charge is -2.44. The zero-order valence-electron chi connectivity index (χ0n) is 11.8. The average molecular weight is 238 g/mol. The summed E-state index contributed by atoms with van der Waals surface area (Å²) >= 11 is 0. The molecule has 0 aromatic carbocycles. The molecule has 0 amide bonds. The Hall–Kier alpha value is -0.0800. The number of likely N-dealkylation sites (N-methyl/N-ethyl adjacent to an activating group) is 1. The predicted molar refractivity (Wildman–Crippen MR) is 74.4 cm³/mol. The van der Waals surface area contributed by atoms with Crippen LogP contribution in [0.1, 0.15) is 64.7 Å². The first-order chi connectivity index (χ1) is 8.33. The van der Waals surface area contributed by atoms with Gasteiger partial charge in [-0.2, -0.15) is 0 Å². The molecule has 1 heterocycles. The van der Waals surface area contributed by atoms with Gasteiger partial charge in [0.1, 0.15) is 0 Å². The van der Waals surface area contributed by atoms with Gasteiger partial charge in [-0.25, -0.2) is 0 Å². The molecule has 1 N–H and O–H groups in total. The van der Waals surface area contributed by atoms with Crippen LogP contribution in [0.5, 0.6) is 0 Å². The highest BCUT2D eigenvalue weighted by Crippen LogP contribution is 2.27. The molecule has 1 aliphatic carbocycles. The van der Waals surface area contributed by atoms with E-state index in [9.17, 15) is 0 Å². The highest BCUT2D eigenvalue weighted by Gasteiger charge is 2.31. The number of likely N-dealkylation sites (tertiary alicyclic amines) is 1. The van der Waals surface area contributed by atoms with E-state index < -0.39 is 0 Å². The van der Waals surface area contributed by atoms with Crippen molar-refractivity contribution >= 4 is 0 Å². The fraction of sp³-hybridized carbons (Fsp3) is 1.00. The molecule has 100 valence electrons. The SMILES string of the molecule is CNC1CCCCCCC1N1CCCCC1C. The van der Waals surface area contributed by atoms with Crippen molar-refractivity contribution in [3.8, 4) is 0 Å². The molecule has 17 heavy (non-hydrogen) atoms. The van der Waals surface area contributed by atoms with Crippen LogP contribution in [0.25, 0.3) is 0 Å².